The summed E-state index contributed by atoms with van der Waals surface area (Å²) in [6.07, 6.45) is 7.52. The Kier molecular flexibility index (Phi) is 7.89. The van der Waals surface area contributed by atoms with Gasteiger partial charge in [-0.3, -0.25) is 0 Å². The van der Waals surface area contributed by atoms with Crippen molar-refractivity contribution < 1.29 is 4.74 Å². The Morgan fingerprint density at radius 3 is 1.56 bits per heavy atom. The molecule has 1 aliphatic heterocycles. The van der Waals surface area contributed by atoms with Crippen molar-refractivity contribution in [2.45, 2.75) is 17.9 Å². The molecule has 0 aromatic heterocycles. The first-order valence-corrected chi connectivity index (χ1v) is 19.8. The number of benzene rings is 8. The number of anilines is 3. The Morgan fingerprint density at radius 2 is 0.930 bits per heavy atom. The largest absolute Gasteiger partial charge is 0.485 e. The molecule has 2 aliphatic carbocycles. The van der Waals surface area contributed by atoms with Gasteiger partial charge in [0, 0.05) is 34.6 Å². The number of nitrogens with zero attached hydrogens (tertiary/aromatic N) is 1. The second-order valence-electron chi connectivity index (χ2n) is 15.2. The summed E-state index contributed by atoms with van der Waals surface area (Å²) in [6, 6.07) is 73.2. The molecule has 0 fully saturated rings. The molecule has 1 heterocycles. The predicted octanol–water partition coefficient (Wildman–Crippen LogP) is 14.0. The molecule has 0 radical (unpaired) electrons. The predicted molar refractivity (Wildman–Crippen MR) is 235 cm³/mol. The van der Waals surface area contributed by atoms with Crippen LogP contribution in [0.25, 0.3) is 39.0 Å². The van der Waals surface area contributed by atoms with Gasteiger partial charge >= 0.3 is 0 Å². The molecule has 57 heavy (non-hydrogen) atoms. The van der Waals surface area contributed by atoms with Crippen LogP contribution in [0.1, 0.15) is 34.2 Å². The second-order valence-corrected chi connectivity index (χ2v) is 15.2. The minimum atomic E-state index is -0.448. The van der Waals surface area contributed by atoms with E-state index in [1.807, 2.05) is 0 Å². The lowest BCUT2D eigenvalue weighted by atomic mass is 9.68. The zero-order chi connectivity index (χ0) is 37.8. The highest BCUT2D eigenvalue weighted by atomic mass is 16.5. The third kappa shape index (κ3) is 5.40. The topological polar surface area (TPSA) is 12.5 Å². The Balaban J connectivity index is 1.03. The number of allylic oxidation sites excluding steroid dienone is 2. The van der Waals surface area contributed by atoms with Gasteiger partial charge in [-0.15, -0.1) is 0 Å². The van der Waals surface area contributed by atoms with Crippen LogP contribution in [0, 0.1) is 0 Å². The molecule has 8 aromatic carbocycles. The molecule has 11 rings (SSSR count). The molecule has 2 nitrogen and oxygen atoms in total. The normalized spacial score (nSPS) is 15.4. The average Bonchev–Trinajstić information content (AvgIpc) is 3.81. The molecular weight excluding hydrogens is 691 g/mol. The first-order chi connectivity index (χ1) is 28.3. The van der Waals surface area contributed by atoms with Crippen LogP contribution in [0.4, 0.5) is 17.1 Å². The number of ether oxygens (including phenoxy) is 1. The van der Waals surface area contributed by atoms with Crippen LogP contribution in [0.5, 0.6) is 5.75 Å². The van der Waals surface area contributed by atoms with Crippen LogP contribution in [0.15, 0.2) is 218 Å². The Hall–Kier alpha value is -7.16. The summed E-state index contributed by atoms with van der Waals surface area (Å²) in [5.74, 6) is 0.951. The Bertz CT molecular complexity index is 2770. The van der Waals surface area contributed by atoms with Crippen LogP contribution < -0.4 is 9.64 Å². The smallest absolute Gasteiger partial charge is 0.128 e. The minimum Gasteiger partial charge on any atom is -0.485 e. The van der Waals surface area contributed by atoms with E-state index in [0.29, 0.717) is 0 Å². The van der Waals surface area contributed by atoms with E-state index >= 15 is 0 Å². The van der Waals surface area contributed by atoms with E-state index in [1.54, 1.807) is 0 Å². The zero-order valence-corrected chi connectivity index (χ0v) is 31.4. The third-order valence-electron chi connectivity index (χ3n) is 12.1. The zero-order valence-electron chi connectivity index (χ0n) is 31.4. The summed E-state index contributed by atoms with van der Waals surface area (Å²) < 4.78 is 6.40. The molecule has 3 aliphatic rings. The van der Waals surface area contributed by atoms with Crippen molar-refractivity contribution in [3.05, 3.63) is 246 Å². The third-order valence-corrected chi connectivity index (χ3v) is 12.1. The van der Waals surface area contributed by atoms with E-state index in [9.17, 15) is 0 Å². The van der Waals surface area contributed by atoms with Gasteiger partial charge in [-0.05, 0) is 98.1 Å². The van der Waals surface area contributed by atoms with Gasteiger partial charge in [0.2, 0.25) is 0 Å². The highest BCUT2D eigenvalue weighted by Crippen LogP contribution is 2.56. The summed E-state index contributed by atoms with van der Waals surface area (Å²) in [5, 5.41) is 0. The van der Waals surface area contributed by atoms with Crippen molar-refractivity contribution in [3.63, 3.8) is 0 Å². The maximum absolute atomic E-state index is 6.40. The Labute approximate surface area is 334 Å². The number of fused-ring (bicyclic) bond motifs is 6. The van der Waals surface area contributed by atoms with E-state index in [0.717, 1.165) is 29.2 Å². The van der Waals surface area contributed by atoms with Crippen LogP contribution in [0.3, 0.4) is 0 Å². The van der Waals surface area contributed by atoms with Gasteiger partial charge in [-0.1, -0.05) is 176 Å². The molecule has 270 valence electrons. The fourth-order valence-electron chi connectivity index (χ4n) is 9.43. The lowest BCUT2D eigenvalue weighted by molar-refractivity contribution is 0.279. The lowest BCUT2D eigenvalue weighted by Gasteiger charge is -2.34. The molecule has 1 unspecified atom stereocenters. The van der Waals surface area contributed by atoms with Gasteiger partial charge in [0.25, 0.3) is 0 Å². The molecule has 0 N–H and O–H groups in total. The summed E-state index contributed by atoms with van der Waals surface area (Å²) in [4.78, 5) is 2.38. The van der Waals surface area contributed by atoms with Crippen LogP contribution in [-0.2, 0) is 5.41 Å². The molecule has 8 aromatic rings. The monoisotopic (exact) mass is 729 g/mol. The number of rotatable bonds is 7. The van der Waals surface area contributed by atoms with Crippen molar-refractivity contribution in [1.29, 1.82) is 0 Å². The van der Waals surface area contributed by atoms with E-state index in [-0.39, 0.29) is 6.10 Å². The van der Waals surface area contributed by atoms with Crippen LogP contribution >= 0.6 is 0 Å². The van der Waals surface area contributed by atoms with Gasteiger partial charge in [0.1, 0.15) is 11.9 Å². The summed E-state index contributed by atoms with van der Waals surface area (Å²) in [7, 11) is 0. The van der Waals surface area contributed by atoms with E-state index in [2.05, 4.69) is 223 Å². The Morgan fingerprint density at radius 1 is 0.439 bits per heavy atom. The summed E-state index contributed by atoms with van der Waals surface area (Å²) in [6.45, 7) is 0. The van der Waals surface area contributed by atoms with Gasteiger partial charge < -0.3 is 9.64 Å². The maximum Gasteiger partial charge on any atom is 0.128 e. The summed E-state index contributed by atoms with van der Waals surface area (Å²) in [5.41, 5.74) is 17.8. The maximum atomic E-state index is 6.40. The minimum absolute atomic E-state index is 0.0758. The SMILES string of the molecule is C1=CCC2Oc3ccc(N(c4ccc(-c5ccc(-c6ccccc6)cc5)cc4)c4ccc(C5(c6ccccc6)c6ccccc6-c6ccccc65)cc4)cc3C2=C1. The van der Waals surface area contributed by atoms with Crippen LogP contribution in [-0.4, -0.2) is 6.10 Å². The van der Waals surface area contributed by atoms with Gasteiger partial charge in [-0.2, -0.15) is 0 Å². The highest BCUT2D eigenvalue weighted by molar-refractivity contribution is 5.88. The molecule has 0 amide bonds. The van der Waals surface area contributed by atoms with Gasteiger partial charge in [0.05, 0.1) is 5.41 Å². The molecule has 0 bridgehead atoms. The highest BCUT2D eigenvalue weighted by Gasteiger charge is 2.45. The van der Waals surface area contributed by atoms with Crippen molar-refractivity contribution >= 4 is 22.6 Å². The quantitative estimate of drug-likeness (QED) is 0.162. The molecule has 0 spiro atoms. The first-order valence-electron chi connectivity index (χ1n) is 19.8. The molecular formula is C55H39NO. The first kappa shape index (κ1) is 33.2. The van der Waals surface area contributed by atoms with Gasteiger partial charge in [-0.25, -0.2) is 0 Å². The molecule has 2 heteroatoms. The van der Waals surface area contributed by atoms with E-state index in [4.69, 9.17) is 4.74 Å². The average molecular weight is 730 g/mol. The summed E-state index contributed by atoms with van der Waals surface area (Å²) >= 11 is 0. The van der Waals surface area contributed by atoms with Crippen molar-refractivity contribution in [2.75, 3.05) is 4.90 Å². The second kappa shape index (κ2) is 13.5. The van der Waals surface area contributed by atoms with Gasteiger partial charge in [0.15, 0.2) is 0 Å². The lowest BCUT2D eigenvalue weighted by Crippen LogP contribution is -2.28. The van der Waals surface area contributed by atoms with E-state index < -0.39 is 5.41 Å². The molecule has 0 saturated carbocycles. The number of hydrogen-bond donors (Lipinski definition) is 0. The molecule has 0 saturated heterocycles. The fraction of sp³-hybridized carbons (Fsp3) is 0.0545. The fourth-order valence-corrected chi connectivity index (χ4v) is 9.43. The standard InChI is InChI=1S/C55H39NO/c1-3-13-38(14-4-1)39-23-25-40(26-24-39)41-27-31-44(32-28-41)56(46-35-36-54-50(37-46)49-19-9-12-22-53(49)57-54)45-33-29-43(30-34-45)55(42-15-5-2-6-16-42)51-20-10-7-17-47(51)48-18-8-11-21-52(48)55/h1-21,23-37,53H,22H2. The van der Waals surface area contributed by atoms with Crippen molar-refractivity contribution in [2.24, 2.45) is 0 Å². The number of hydrogen-bond acceptors (Lipinski definition) is 2. The van der Waals surface area contributed by atoms with Crippen molar-refractivity contribution in [3.8, 4) is 39.1 Å². The van der Waals surface area contributed by atoms with Crippen LogP contribution in [0.2, 0.25) is 0 Å². The van der Waals surface area contributed by atoms with E-state index in [1.165, 1.54) is 66.8 Å². The molecule has 1 atom stereocenters. The van der Waals surface area contributed by atoms with Crippen molar-refractivity contribution in [1.82, 2.24) is 0 Å².